The van der Waals surface area contributed by atoms with Crippen molar-refractivity contribution in [2.24, 2.45) is 5.41 Å². The van der Waals surface area contributed by atoms with E-state index in [1.54, 1.807) is 18.2 Å². The standard InChI is InChI=1S/C27H26ClNO3/c1-17-2-4-18(5-3-17)19-8-9-29(13-19)27-14-26(15-27,16-27)12-23(31)25-11-22(30)21-10-20(28)6-7-24(21)32-25/h2-10,13,22,25,30H,11-12,14-16H2,1H3/t22-,25+,26?,27?/m1/s1. The van der Waals surface area contributed by atoms with E-state index in [0.717, 1.165) is 19.3 Å². The summed E-state index contributed by atoms with van der Waals surface area (Å²) in [5, 5.41) is 11.1. The Morgan fingerprint density at radius 3 is 2.62 bits per heavy atom. The minimum atomic E-state index is -0.717. The van der Waals surface area contributed by atoms with Crippen LogP contribution in [0.2, 0.25) is 5.02 Å². The molecule has 0 unspecified atom stereocenters. The molecule has 3 aromatic rings. The van der Waals surface area contributed by atoms with E-state index >= 15 is 0 Å². The lowest BCUT2D eigenvalue weighted by atomic mass is 9.38. The number of aromatic nitrogens is 1. The topological polar surface area (TPSA) is 51.5 Å². The maximum absolute atomic E-state index is 13.0. The van der Waals surface area contributed by atoms with Crippen LogP contribution >= 0.6 is 11.6 Å². The van der Waals surface area contributed by atoms with E-state index in [-0.39, 0.29) is 16.7 Å². The average molecular weight is 448 g/mol. The van der Waals surface area contributed by atoms with Crippen molar-refractivity contribution in [1.82, 2.24) is 4.57 Å². The number of aryl methyl sites for hydroxylation is 1. The highest BCUT2D eigenvalue weighted by Gasteiger charge is 2.69. The molecule has 1 aromatic heterocycles. The van der Waals surface area contributed by atoms with Crippen LogP contribution in [-0.4, -0.2) is 21.6 Å². The Morgan fingerprint density at radius 1 is 1.12 bits per heavy atom. The summed E-state index contributed by atoms with van der Waals surface area (Å²) in [5.41, 5.74) is 4.67. The molecule has 4 aliphatic rings. The van der Waals surface area contributed by atoms with Crippen LogP contribution in [0.25, 0.3) is 11.1 Å². The van der Waals surface area contributed by atoms with Gasteiger partial charge in [0.1, 0.15) is 5.75 Å². The van der Waals surface area contributed by atoms with Crippen molar-refractivity contribution in [3.63, 3.8) is 0 Å². The number of hydrogen-bond donors (Lipinski definition) is 1. The monoisotopic (exact) mass is 447 g/mol. The molecular formula is C27H26ClNO3. The van der Waals surface area contributed by atoms with Gasteiger partial charge in [-0.1, -0.05) is 41.4 Å². The van der Waals surface area contributed by atoms with Crippen molar-refractivity contribution in [1.29, 1.82) is 0 Å². The van der Waals surface area contributed by atoms with Crippen LogP contribution in [0.1, 0.15) is 49.3 Å². The van der Waals surface area contributed by atoms with Gasteiger partial charge in [0.2, 0.25) is 0 Å². The summed E-state index contributed by atoms with van der Waals surface area (Å²) in [4.78, 5) is 13.0. The Morgan fingerprint density at radius 2 is 1.88 bits per heavy atom. The highest BCUT2D eigenvalue weighted by molar-refractivity contribution is 6.30. The summed E-state index contributed by atoms with van der Waals surface area (Å²) in [6, 6.07) is 16.0. The second kappa shape index (κ2) is 6.97. The lowest BCUT2D eigenvalue weighted by Gasteiger charge is -2.71. The Bertz CT molecular complexity index is 1190. The number of aliphatic hydroxyl groups is 1. The normalized spacial score (nSPS) is 30.0. The van der Waals surface area contributed by atoms with E-state index < -0.39 is 12.2 Å². The number of ketones is 1. The Hall–Kier alpha value is -2.56. The van der Waals surface area contributed by atoms with Gasteiger partial charge in [-0.2, -0.15) is 0 Å². The molecule has 164 valence electrons. The van der Waals surface area contributed by atoms with Crippen LogP contribution < -0.4 is 4.74 Å². The summed E-state index contributed by atoms with van der Waals surface area (Å²) in [5.74, 6) is 0.669. The molecule has 5 heteroatoms. The molecule has 2 heterocycles. The lowest BCUT2D eigenvalue weighted by Crippen LogP contribution is -2.68. The van der Waals surface area contributed by atoms with Crippen LogP contribution in [0, 0.1) is 12.3 Å². The van der Waals surface area contributed by atoms with E-state index in [4.69, 9.17) is 16.3 Å². The molecule has 0 saturated heterocycles. The van der Waals surface area contributed by atoms with Crippen molar-refractivity contribution in [2.45, 2.75) is 56.8 Å². The SMILES string of the molecule is Cc1ccc(-c2ccn(C34CC(CC(=O)[C@@H]5C[C@@H](O)c6cc(Cl)ccc6O5)(C3)C4)c2)cc1. The van der Waals surface area contributed by atoms with Crippen molar-refractivity contribution < 1.29 is 14.6 Å². The van der Waals surface area contributed by atoms with Gasteiger partial charge >= 0.3 is 0 Å². The van der Waals surface area contributed by atoms with Gasteiger partial charge in [0, 0.05) is 41.4 Å². The number of aliphatic hydroxyl groups excluding tert-OH is 1. The predicted molar refractivity (Wildman–Crippen MR) is 124 cm³/mol. The van der Waals surface area contributed by atoms with E-state index in [1.807, 2.05) is 0 Å². The van der Waals surface area contributed by atoms with Crippen molar-refractivity contribution >= 4 is 17.4 Å². The third-order valence-electron chi connectivity index (χ3n) is 7.68. The Kier molecular flexibility index (Phi) is 4.37. The molecule has 3 saturated carbocycles. The van der Waals surface area contributed by atoms with Crippen LogP contribution in [-0.2, 0) is 10.3 Å². The predicted octanol–water partition coefficient (Wildman–Crippen LogP) is 5.84. The lowest BCUT2D eigenvalue weighted by molar-refractivity contribution is -0.194. The minimum Gasteiger partial charge on any atom is -0.482 e. The molecule has 2 atom stereocenters. The molecule has 7 rings (SSSR count). The summed E-state index contributed by atoms with van der Waals surface area (Å²) < 4.78 is 8.30. The van der Waals surface area contributed by atoms with Crippen LogP contribution in [0.4, 0.5) is 0 Å². The van der Waals surface area contributed by atoms with Crippen molar-refractivity contribution in [3.8, 4) is 16.9 Å². The molecule has 3 aliphatic carbocycles. The summed E-state index contributed by atoms with van der Waals surface area (Å²) in [7, 11) is 0. The van der Waals surface area contributed by atoms with Gasteiger partial charge < -0.3 is 14.4 Å². The molecule has 0 amide bonds. The number of ether oxygens (including phenoxy) is 1. The zero-order valence-corrected chi connectivity index (χ0v) is 18.8. The number of fused-ring (bicyclic) bond motifs is 1. The largest absolute Gasteiger partial charge is 0.482 e. The van der Waals surface area contributed by atoms with Gasteiger partial charge in [0.25, 0.3) is 0 Å². The quantitative estimate of drug-likeness (QED) is 0.534. The van der Waals surface area contributed by atoms with Crippen molar-refractivity contribution in [2.75, 3.05) is 0 Å². The first-order chi connectivity index (χ1) is 15.3. The van der Waals surface area contributed by atoms with Gasteiger partial charge in [0.05, 0.1) is 6.10 Å². The number of rotatable bonds is 5. The fraction of sp³-hybridized carbons (Fsp3) is 0.370. The minimum absolute atomic E-state index is 0.0972. The maximum atomic E-state index is 13.0. The van der Waals surface area contributed by atoms with Crippen LogP contribution in [0.5, 0.6) is 5.75 Å². The number of nitrogens with zero attached hydrogens (tertiary/aromatic N) is 1. The van der Waals surface area contributed by atoms with E-state index in [0.29, 0.717) is 29.2 Å². The molecular weight excluding hydrogens is 422 g/mol. The molecule has 0 radical (unpaired) electrons. The number of carbonyl (C=O) groups excluding carboxylic acids is 1. The first-order valence-electron chi connectivity index (χ1n) is 11.3. The molecule has 1 aliphatic heterocycles. The van der Waals surface area contributed by atoms with E-state index in [2.05, 4.69) is 54.2 Å². The summed E-state index contributed by atoms with van der Waals surface area (Å²) >= 11 is 6.03. The van der Waals surface area contributed by atoms with Gasteiger partial charge in [-0.15, -0.1) is 0 Å². The highest BCUT2D eigenvalue weighted by Crippen LogP contribution is 2.73. The maximum Gasteiger partial charge on any atom is 0.173 e. The summed E-state index contributed by atoms with van der Waals surface area (Å²) in [6.45, 7) is 2.10. The molecule has 3 fully saturated rings. The number of carbonyl (C=O) groups is 1. The highest BCUT2D eigenvalue weighted by atomic mass is 35.5. The van der Waals surface area contributed by atoms with Gasteiger partial charge in [-0.25, -0.2) is 0 Å². The zero-order valence-electron chi connectivity index (χ0n) is 18.1. The Labute approximate surface area is 192 Å². The van der Waals surface area contributed by atoms with Crippen molar-refractivity contribution in [3.05, 3.63) is 77.1 Å². The molecule has 2 bridgehead atoms. The number of Topliss-reactive ketones (excluding diaryl/α,β-unsaturated/α-hetero) is 1. The molecule has 0 spiro atoms. The van der Waals surface area contributed by atoms with Gasteiger partial charge in [0.15, 0.2) is 11.9 Å². The number of hydrogen-bond acceptors (Lipinski definition) is 3. The van der Waals surface area contributed by atoms with Crippen LogP contribution in [0.15, 0.2) is 60.9 Å². The van der Waals surface area contributed by atoms with Gasteiger partial charge in [-0.05, 0) is 67.0 Å². The fourth-order valence-corrected chi connectivity index (χ4v) is 6.29. The molecule has 32 heavy (non-hydrogen) atoms. The van der Waals surface area contributed by atoms with Gasteiger partial charge in [-0.3, -0.25) is 4.79 Å². The molecule has 1 N–H and O–H groups in total. The molecule has 2 aromatic carbocycles. The zero-order chi connectivity index (χ0) is 22.1. The first-order valence-corrected chi connectivity index (χ1v) is 11.7. The Balaban J connectivity index is 1.10. The second-order valence-electron chi connectivity index (χ2n) is 10.1. The third kappa shape index (κ3) is 3.12. The van der Waals surface area contributed by atoms with Crippen LogP contribution in [0.3, 0.4) is 0 Å². The average Bonchev–Trinajstić information content (AvgIpc) is 3.20. The second-order valence-corrected chi connectivity index (χ2v) is 10.5. The number of halogens is 1. The smallest absolute Gasteiger partial charge is 0.173 e. The number of benzene rings is 2. The summed E-state index contributed by atoms with van der Waals surface area (Å²) in [6.07, 6.45) is 7.07. The first kappa shape index (κ1) is 20.1. The third-order valence-corrected chi connectivity index (χ3v) is 7.92. The fourth-order valence-electron chi connectivity index (χ4n) is 6.11. The van der Waals surface area contributed by atoms with E-state index in [9.17, 15) is 9.90 Å². The van der Waals surface area contributed by atoms with E-state index in [1.165, 1.54) is 16.7 Å². The molecule has 4 nitrogen and oxygen atoms in total.